The Balaban J connectivity index is 1.61. The summed E-state index contributed by atoms with van der Waals surface area (Å²) in [6.45, 7) is 1.60. The number of aldehydes is 1. The van der Waals surface area contributed by atoms with Crippen LogP contribution in [0.5, 0.6) is 0 Å². The monoisotopic (exact) mass is 438 g/mol. The summed E-state index contributed by atoms with van der Waals surface area (Å²) in [4.78, 5) is 52.6. The summed E-state index contributed by atoms with van der Waals surface area (Å²) in [7, 11) is 0. The molecule has 0 radical (unpaired) electrons. The Labute approximate surface area is 188 Å². The van der Waals surface area contributed by atoms with Crippen molar-refractivity contribution in [1.82, 2.24) is 0 Å². The molecule has 3 aromatic rings. The molecule has 7 rings (SSSR count). The minimum atomic E-state index is -1.29. The molecule has 33 heavy (non-hydrogen) atoms. The predicted molar refractivity (Wildman–Crippen MR) is 119 cm³/mol. The molecular formula is C26H18N2O5. The Morgan fingerprint density at radius 3 is 2.12 bits per heavy atom. The second-order valence-corrected chi connectivity index (χ2v) is 8.88. The highest BCUT2D eigenvalue weighted by Gasteiger charge is 2.68. The van der Waals surface area contributed by atoms with Gasteiger partial charge in [0.1, 0.15) is 6.29 Å². The summed E-state index contributed by atoms with van der Waals surface area (Å²) in [6.07, 6.45) is 0.810. The highest BCUT2D eigenvalue weighted by Crippen LogP contribution is 2.63. The third-order valence-corrected chi connectivity index (χ3v) is 7.52. The molecule has 2 bridgehead atoms. The van der Waals surface area contributed by atoms with Crippen molar-refractivity contribution in [2.45, 2.75) is 18.3 Å². The fraction of sp³-hybridized carbons (Fsp3) is 0.192. The lowest BCUT2D eigenvalue weighted by molar-refractivity contribution is -0.385. The quantitative estimate of drug-likeness (QED) is 0.269. The normalized spacial score (nSPS) is 26.6. The van der Waals surface area contributed by atoms with Crippen LogP contribution in [0.1, 0.15) is 33.7 Å². The molecule has 0 N–H and O–H groups in total. The van der Waals surface area contributed by atoms with Gasteiger partial charge in [0, 0.05) is 17.5 Å². The van der Waals surface area contributed by atoms with Crippen molar-refractivity contribution in [2.75, 3.05) is 4.90 Å². The van der Waals surface area contributed by atoms with Crippen LogP contribution in [-0.2, 0) is 19.8 Å². The van der Waals surface area contributed by atoms with Crippen LogP contribution in [0.2, 0.25) is 0 Å². The zero-order valence-corrected chi connectivity index (χ0v) is 17.6. The van der Waals surface area contributed by atoms with Gasteiger partial charge in [-0.3, -0.25) is 19.7 Å². The molecule has 2 atom stereocenters. The average molecular weight is 438 g/mol. The Morgan fingerprint density at radius 1 is 0.939 bits per heavy atom. The zero-order chi connectivity index (χ0) is 23.1. The van der Waals surface area contributed by atoms with Crippen molar-refractivity contribution < 1.29 is 19.3 Å². The smallest absolute Gasteiger partial charge is 0.274 e. The summed E-state index contributed by atoms with van der Waals surface area (Å²) in [5.41, 5.74) is 2.40. The molecule has 1 aliphatic heterocycles. The van der Waals surface area contributed by atoms with Crippen molar-refractivity contribution in [2.24, 2.45) is 11.8 Å². The van der Waals surface area contributed by atoms with E-state index in [0.717, 1.165) is 33.4 Å². The number of nitrogens with zero attached hydrogens (tertiary/aromatic N) is 2. The van der Waals surface area contributed by atoms with Crippen LogP contribution in [0.15, 0.2) is 66.7 Å². The number of rotatable bonds is 3. The maximum absolute atomic E-state index is 13.9. The lowest BCUT2D eigenvalue weighted by Gasteiger charge is -2.51. The number of carbonyl (C=O) groups excluding carboxylic acids is 3. The minimum Gasteiger partial charge on any atom is -0.302 e. The molecule has 2 amide bonds. The molecule has 0 saturated carbocycles. The Hall–Kier alpha value is -4.13. The van der Waals surface area contributed by atoms with Crippen LogP contribution in [0.4, 0.5) is 11.4 Å². The number of anilines is 1. The second kappa shape index (κ2) is 6.45. The van der Waals surface area contributed by atoms with E-state index in [9.17, 15) is 24.5 Å². The summed E-state index contributed by atoms with van der Waals surface area (Å²) < 4.78 is 0. The van der Waals surface area contributed by atoms with Crippen molar-refractivity contribution in [3.63, 3.8) is 0 Å². The Morgan fingerprint density at radius 2 is 1.55 bits per heavy atom. The van der Waals surface area contributed by atoms with Gasteiger partial charge in [-0.15, -0.1) is 0 Å². The van der Waals surface area contributed by atoms with Crippen molar-refractivity contribution in [1.29, 1.82) is 0 Å². The first-order valence-electron chi connectivity index (χ1n) is 10.7. The van der Waals surface area contributed by atoms with E-state index in [1.165, 1.54) is 12.1 Å². The predicted octanol–water partition coefficient (Wildman–Crippen LogP) is 3.65. The topological polar surface area (TPSA) is 97.6 Å². The standard InChI is InChI=1S/C26H18N2O5/c1-14-10-11-15(12-20(14)28(32)33)27-24(30)22-21-16-6-2-4-8-18(16)26(13-29,23(22)25(27)31)19-9-5-3-7-17(19)21/h2-13,21-23H,1H3. The zero-order valence-electron chi connectivity index (χ0n) is 17.6. The number of aryl methyl sites for hydroxylation is 1. The van der Waals surface area contributed by atoms with Gasteiger partial charge >= 0.3 is 0 Å². The maximum Gasteiger partial charge on any atom is 0.274 e. The summed E-state index contributed by atoms with van der Waals surface area (Å²) in [5, 5.41) is 11.5. The molecule has 4 aliphatic rings. The van der Waals surface area contributed by atoms with Crippen molar-refractivity contribution >= 4 is 29.5 Å². The van der Waals surface area contributed by atoms with Gasteiger partial charge in [0.05, 0.1) is 27.9 Å². The number of hydrogen-bond acceptors (Lipinski definition) is 5. The Bertz CT molecular complexity index is 1360. The first-order chi connectivity index (χ1) is 15.9. The van der Waals surface area contributed by atoms with Gasteiger partial charge in [0.25, 0.3) is 5.69 Å². The number of imide groups is 1. The summed E-state index contributed by atoms with van der Waals surface area (Å²) in [6, 6.07) is 19.3. The molecule has 1 saturated heterocycles. The highest BCUT2D eigenvalue weighted by molar-refractivity contribution is 6.25. The van der Waals surface area contributed by atoms with Gasteiger partial charge in [0.15, 0.2) is 0 Å². The molecule has 162 valence electrons. The largest absolute Gasteiger partial charge is 0.302 e. The van der Waals surface area contributed by atoms with Crippen molar-refractivity contribution in [3.8, 4) is 0 Å². The highest BCUT2D eigenvalue weighted by atomic mass is 16.6. The molecule has 3 aliphatic carbocycles. The number of amides is 2. The van der Waals surface area contributed by atoms with Crippen molar-refractivity contribution in [3.05, 3.63) is 105 Å². The summed E-state index contributed by atoms with van der Waals surface area (Å²) in [5.74, 6) is -2.95. The van der Waals surface area contributed by atoms with E-state index in [-0.39, 0.29) is 17.3 Å². The first kappa shape index (κ1) is 19.5. The molecule has 1 heterocycles. The lowest BCUT2D eigenvalue weighted by Crippen LogP contribution is -2.54. The van der Waals surface area contributed by atoms with Crippen LogP contribution in [-0.4, -0.2) is 23.0 Å². The third-order valence-electron chi connectivity index (χ3n) is 7.52. The minimum absolute atomic E-state index is 0.158. The number of nitro benzene ring substituents is 1. The SMILES string of the molecule is Cc1ccc(N2C(=O)C3C4c5ccccc5C(C=O)(c5ccccc54)C3C2=O)cc1[N+](=O)[O-]. The third kappa shape index (κ3) is 2.21. The van der Waals surface area contributed by atoms with E-state index < -0.39 is 34.0 Å². The molecule has 2 unspecified atom stereocenters. The fourth-order valence-corrected chi connectivity index (χ4v) is 6.22. The average Bonchev–Trinajstić information content (AvgIpc) is 3.10. The van der Waals surface area contributed by atoms with Gasteiger partial charge < -0.3 is 4.79 Å². The van der Waals surface area contributed by atoms with E-state index in [0.29, 0.717) is 5.56 Å². The number of nitro groups is 1. The van der Waals surface area contributed by atoms with Crippen LogP contribution < -0.4 is 4.90 Å². The van der Waals surface area contributed by atoms with Gasteiger partial charge in [-0.1, -0.05) is 54.6 Å². The maximum atomic E-state index is 13.9. The van der Waals surface area contributed by atoms with E-state index in [1.807, 2.05) is 48.5 Å². The number of benzene rings is 3. The van der Waals surface area contributed by atoms with Gasteiger partial charge in [0.2, 0.25) is 11.8 Å². The molecule has 3 aromatic carbocycles. The van der Waals surface area contributed by atoms with Gasteiger partial charge in [-0.2, -0.15) is 0 Å². The molecule has 0 aromatic heterocycles. The van der Waals surface area contributed by atoms with E-state index >= 15 is 0 Å². The molecule has 7 heteroatoms. The molecule has 7 nitrogen and oxygen atoms in total. The summed E-state index contributed by atoms with van der Waals surface area (Å²) >= 11 is 0. The first-order valence-corrected chi connectivity index (χ1v) is 10.7. The number of carbonyl (C=O) groups is 3. The molecular weight excluding hydrogens is 420 g/mol. The van der Waals surface area contributed by atoms with Crippen LogP contribution in [0, 0.1) is 28.9 Å². The molecule has 0 spiro atoms. The number of hydrogen-bond donors (Lipinski definition) is 0. The van der Waals surface area contributed by atoms with Gasteiger partial charge in [-0.05, 0) is 35.2 Å². The van der Waals surface area contributed by atoms with Crippen LogP contribution >= 0.6 is 0 Å². The van der Waals surface area contributed by atoms with Gasteiger partial charge in [-0.25, -0.2) is 4.90 Å². The van der Waals surface area contributed by atoms with E-state index in [1.54, 1.807) is 13.0 Å². The Kier molecular flexibility index (Phi) is 3.82. The molecule has 1 fully saturated rings. The van der Waals surface area contributed by atoms with E-state index in [4.69, 9.17) is 0 Å². The fourth-order valence-electron chi connectivity index (χ4n) is 6.22. The van der Waals surface area contributed by atoms with Crippen LogP contribution in [0.3, 0.4) is 0 Å². The second-order valence-electron chi connectivity index (χ2n) is 8.88. The van der Waals surface area contributed by atoms with Crippen LogP contribution in [0.25, 0.3) is 0 Å². The van der Waals surface area contributed by atoms with E-state index in [2.05, 4.69) is 0 Å². The lowest BCUT2D eigenvalue weighted by atomic mass is 9.48.